The van der Waals surface area contributed by atoms with E-state index in [1.54, 1.807) is 0 Å². The smallest absolute Gasteiger partial charge is 0.308 e. The number of carbonyl (C=O) groups excluding carboxylic acids is 2. The molecule has 27 heavy (non-hydrogen) atoms. The van der Waals surface area contributed by atoms with Gasteiger partial charge in [0.15, 0.2) is 17.6 Å². The highest BCUT2D eigenvalue weighted by atomic mass is 16.6. The summed E-state index contributed by atoms with van der Waals surface area (Å²) in [6.45, 7) is 3.77. The van der Waals surface area contributed by atoms with Gasteiger partial charge in [0.05, 0.1) is 0 Å². The van der Waals surface area contributed by atoms with Gasteiger partial charge in [0.25, 0.3) is 0 Å². The molecule has 2 heterocycles. The number of carbonyl (C=O) groups is 2. The number of piperidine rings is 1. The number of likely N-dealkylation sites (tertiary alicyclic amines) is 1. The van der Waals surface area contributed by atoms with E-state index >= 15 is 0 Å². The van der Waals surface area contributed by atoms with Gasteiger partial charge in [0.2, 0.25) is 0 Å². The van der Waals surface area contributed by atoms with E-state index in [9.17, 15) is 9.59 Å². The summed E-state index contributed by atoms with van der Waals surface area (Å²) < 4.78 is 17.5. The first-order valence-corrected chi connectivity index (χ1v) is 9.49. The lowest BCUT2D eigenvalue weighted by Crippen LogP contribution is -2.65. The van der Waals surface area contributed by atoms with E-state index < -0.39 is 6.10 Å². The van der Waals surface area contributed by atoms with Crippen LogP contribution in [0.5, 0.6) is 11.5 Å². The van der Waals surface area contributed by atoms with Crippen molar-refractivity contribution in [3.63, 3.8) is 0 Å². The van der Waals surface area contributed by atoms with Crippen LogP contribution in [0.2, 0.25) is 0 Å². The summed E-state index contributed by atoms with van der Waals surface area (Å²) >= 11 is 0. The van der Waals surface area contributed by atoms with Crippen LogP contribution in [-0.2, 0) is 26.2 Å². The monoisotopic (exact) mass is 369 g/mol. The lowest BCUT2D eigenvalue weighted by atomic mass is 9.53. The molecule has 2 aliphatic carbocycles. The van der Waals surface area contributed by atoms with E-state index in [2.05, 4.69) is 24.1 Å². The molecule has 1 aromatic rings. The van der Waals surface area contributed by atoms with E-state index in [1.165, 1.54) is 19.4 Å². The first-order valence-electron chi connectivity index (χ1n) is 9.49. The van der Waals surface area contributed by atoms with Crippen LogP contribution in [0.25, 0.3) is 0 Å². The van der Waals surface area contributed by atoms with E-state index in [1.807, 2.05) is 12.1 Å². The molecule has 2 unspecified atom stereocenters. The van der Waals surface area contributed by atoms with Crippen LogP contribution in [0.15, 0.2) is 24.3 Å². The van der Waals surface area contributed by atoms with Crippen LogP contribution in [0, 0.1) is 5.92 Å². The van der Waals surface area contributed by atoms with E-state index in [0.717, 1.165) is 24.9 Å². The molecule has 1 fully saturated rings. The summed E-state index contributed by atoms with van der Waals surface area (Å²) in [5, 5.41) is 0. The second-order valence-corrected chi connectivity index (χ2v) is 8.09. The molecule has 2 aliphatic heterocycles. The predicted molar refractivity (Wildman–Crippen MR) is 96.8 cm³/mol. The largest absolute Gasteiger partial charge is 0.481 e. The maximum Gasteiger partial charge on any atom is 0.308 e. The molecule has 0 saturated carbocycles. The van der Waals surface area contributed by atoms with E-state index in [0.29, 0.717) is 17.5 Å². The molecule has 0 aromatic heterocycles. The number of hydrogen-bond donors (Lipinski definition) is 0. The molecule has 6 nitrogen and oxygen atoms in total. The molecule has 2 bridgehead atoms. The first kappa shape index (κ1) is 16.8. The minimum absolute atomic E-state index is 0.245. The molecular formula is C21H23NO5. The lowest BCUT2D eigenvalue weighted by Gasteiger charge is -2.56. The Balaban J connectivity index is 1.71. The topological polar surface area (TPSA) is 65.1 Å². The summed E-state index contributed by atoms with van der Waals surface area (Å²) in [5.41, 5.74) is 2.15. The third-order valence-corrected chi connectivity index (χ3v) is 6.67. The van der Waals surface area contributed by atoms with Gasteiger partial charge in [-0.25, -0.2) is 0 Å². The molecule has 6 heteroatoms. The molecule has 5 rings (SSSR count). The van der Waals surface area contributed by atoms with Gasteiger partial charge in [-0.2, -0.15) is 0 Å². The standard InChI is InChI=1S/C21H23NO5/c1-11(23)25-16-6-4-13-10-15-14-5-7-17(26-12(2)24)20-21(14,8-9-22(15)3)18(13)19(16)27-20/h4-7,14-15,17,20H,8-10H2,1-3H3/t14-,15+,17?,20?,21-/m0/s1. The zero-order valence-electron chi connectivity index (χ0n) is 15.7. The van der Waals surface area contributed by atoms with Gasteiger partial charge in [-0.3, -0.25) is 9.59 Å². The maximum atomic E-state index is 11.7. The van der Waals surface area contributed by atoms with Crippen LogP contribution in [0.1, 0.15) is 31.4 Å². The zero-order valence-corrected chi connectivity index (χ0v) is 15.7. The highest BCUT2D eigenvalue weighted by Gasteiger charge is 2.65. The highest BCUT2D eigenvalue weighted by molar-refractivity contribution is 5.73. The Bertz CT molecular complexity index is 878. The van der Waals surface area contributed by atoms with Crippen molar-refractivity contribution in [2.45, 2.75) is 50.4 Å². The number of esters is 2. The first-order chi connectivity index (χ1) is 12.9. The van der Waals surface area contributed by atoms with Crippen LogP contribution < -0.4 is 9.47 Å². The van der Waals surface area contributed by atoms with Crippen LogP contribution >= 0.6 is 0 Å². The van der Waals surface area contributed by atoms with Gasteiger partial charge in [0, 0.05) is 36.8 Å². The molecule has 0 radical (unpaired) electrons. The molecule has 1 saturated heterocycles. The van der Waals surface area contributed by atoms with Gasteiger partial charge in [-0.05, 0) is 44.1 Å². The van der Waals surface area contributed by atoms with Gasteiger partial charge < -0.3 is 19.1 Å². The van der Waals surface area contributed by atoms with Crippen molar-refractivity contribution in [3.8, 4) is 11.5 Å². The van der Waals surface area contributed by atoms with Crippen molar-refractivity contribution >= 4 is 11.9 Å². The van der Waals surface area contributed by atoms with E-state index in [4.69, 9.17) is 14.2 Å². The molecule has 0 amide bonds. The fraction of sp³-hybridized carbons (Fsp3) is 0.524. The Hall–Kier alpha value is -2.34. The van der Waals surface area contributed by atoms with Crippen LogP contribution in [-0.4, -0.2) is 48.7 Å². The minimum atomic E-state index is -0.439. The van der Waals surface area contributed by atoms with Gasteiger partial charge >= 0.3 is 11.9 Å². The molecule has 4 aliphatic rings. The molecule has 1 aromatic carbocycles. The molecule has 0 N–H and O–H groups in total. The molecular weight excluding hydrogens is 346 g/mol. The number of rotatable bonds is 2. The van der Waals surface area contributed by atoms with Crippen molar-refractivity contribution in [3.05, 3.63) is 35.4 Å². The van der Waals surface area contributed by atoms with Gasteiger partial charge in [-0.1, -0.05) is 12.1 Å². The quantitative estimate of drug-likeness (QED) is 0.451. The predicted octanol–water partition coefficient (Wildman–Crippen LogP) is 1.99. The number of likely N-dealkylation sites (N-methyl/N-ethyl adjacent to an activating group) is 1. The van der Waals surface area contributed by atoms with Crippen molar-refractivity contribution in [2.24, 2.45) is 5.92 Å². The summed E-state index contributed by atoms with van der Waals surface area (Å²) in [6.07, 6.45) is 5.31. The minimum Gasteiger partial charge on any atom is -0.481 e. The second kappa shape index (κ2) is 5.58. The fourth-order valence-corrected chi connectivity index (χ4v) is 5.74. The van der Waals surface area contributed by atoms with E-state index in [-0.39, 0.29) is 29.4 Å². The Kier molecular flexibility index (Phi) is 3.47. The SMILES string of the molecule is CC(=O)Oc1ccc2c3c1OC1C(OC(C)=O)C=C[C@H]4[C@@H](C2)N(C)CC[C@]314. The summed E-state index contributed by atoms with van der Waals surface area (Å²) in [5.74, 6) is 0.712. The Morgan fingerprint density at radius 2 is 2.04 bits per heavy atom. The summed E-state index contributed by atoms with van der Waals surface area (Å²) in [7, 11) is 2.17. The third-order valence-electron chi connectivity index (χ3n) is 6.67. The Labute approximate surface area is 158 Å². The highest BCUT2D eigenvalue weighted by Crippen LogP contribution is 2.62. The number of hydrogen-bond acceptors (Lipinski definition) is 6. The van der Waals surface area contributed by atoms with Crippen molar-refractivity contribution < 1.29 is 23.8 Å². The summed E-state index contributed by atoms with van der Waals surface area (Å²) in [6, 6.07) is 4.28. The number of ether oxygens (including phenoxy) is 3. The maximum absolute atomic E-state index is 11.7. The summed E-state index contributed by atoms with van der Waals surface area (Å²) in [4.78, 5) is 25.7. The third kappa shape index (κ3) is 2.16. The second-order valence-electron chi connectivity index (χ2n) is 8.09. The van der Waals surface area contributed by atoms with Crippen LogP contribution in [0.3, 0.4) is 0 Å². The van der Waals surface area contributed by atoms with Gasteiger partial charge in [0.1, 0.15) is 6.10 Å². The fourth-order valence-electron chi connectivity index (χ4n) is 5.74. The van der Waals surface area contributed by atoms with Crippen molar-refractivity contribution in [2.75, 3.05) is 13.6 Å². The van der Waals surface area contributed by atoms with Crippen LogP contribution in [0.4, 0.5) is 0 Å². The zero-order chi connectivity index (χ0) is 18.9. The van der Waals surface area contributed by atoms with Crippen molar-refractivity contribution in [1.29, 1.82) is 0 Å². The molecule has 5 atom stereocenters. The lowest BCUT2D eigenvalue weighted by molar-refractivity contribution is -0.152. The average molecular weight is 369 g/mol. The normalized spacial score (nSPS) is 35.2. The average Bonchev–Trinajstić information content (AvgIpc) is 2.95. The molecule has 1 spiro atoms. The van der Waals surface area contributed by atoms with Gasteiger partial charge in [-0.15, -0.1) is 0 Å². The number of nitrogens with zero attached hydrogens (tertiary/aromatic N) is 1. The number of benzene rings is 1. The van der Waals surface area contributed by atoms with Crippen molar-refractivity contribution in [1.82, 2.24) is 4.90 Å². The molecule has 142 valence electrons. The Morgan fingerprint density at radius 1 is 1.22 bits per heavy atom. The Morgan fingerprint density at radius 3 is 2.78 bits per heavy atom.